The standard InChI is InChI=1S/C17H22N4/c1-11-4-3-5-15-19-16(17(18)21(11)15)13-6-7-14-12(10-13)8-9-20(14)2/h6-7,10-11H,3-5,8-9,18H2,1-2H3. The highest BCUT2D eigenvalue weighted by Crippen LogP contribution is 2.36. The van der Waals surface area contributed by atoms with Crippen molar-refractivity contribution >= 4 is 11.5 Å². The number of nitrogens with two attached hydrogens (primary N) is 1. The van der Waals surface area contributed by atoms with Gasteiger partial charge in [-0.1, -0.05) is 6.07 Å². The third-order valence-corrected chi connectivity index (χ3v) is 4.96. The summed E-state index contributed by atoms with van der Waals surface area (Å²) in [6, 6.07) is 7.11. The fourth-order valence-corrected chi connectivity index (χ4v) is 3.77. The zero-order chi connectivity index (χ0) is 14.6. The second-order valence-electron chi connectivity index (χ2n) is 6.39. The van der Waals surface area contributed by atoms with Gasteiger partial charge in [-0.25, -0.2) is 4.98 Å². The van der Waals surface area contributed by atoms with Gasteiger partial charge in [0, 0.05) is 37.3 Å². The number of aromatic nitrogens is 2. The Kier molecular flexibility index (Phi) is 2.74. The van der Waals surface area contributed by atoms with E-state index in [0.717, 1.165) is 42.3 Å². The smallest absolute Gasteiger partial charge is 0.131 e. The molecule has 1 aromatic carbocycles. The molecule has 110 valence electrons. The van der Waals surface area contributed by atoms with Gasteiger partial charge < -0.3 is 15.2 Å². The van der Waals surface area contributed by atoms with E-state index in [0.29, 0.717) is 6.04 Å². The molecule has 2 aromatic rings. The molecule has 1 aromatic heterocycles. The lowest BCUT2D eigenvalue weighted by Crippen LogP contribution is -2.16. The Morgan fingerprint density at radius 3 is 2.95 bits per heavy atom. The quantitative estimate of drug-likeness (QED) is 0.874. The maximum absolute atomic E-state index is 6.41. The number of benzene rings is 1. The third kappa shape index (κ3) is 1.85. The first-order valence-corrected chi connectivity index (χ1v) is 7.86. The summed E-state index contributed by atoms with van der Waals surface area (Å²) in [5, 5.41) is 0. The van der Waals surface area contributed by atoms with E-state index >= 15 is 0 Å². The van der Waals surface area contributed by atoms with Crippen LogP contribution >= 0.6 is 0 Å². The normalized spacial score (nSPS) is 20.5. The number of nitrogens with zero attached hydrogens (tertiary/aromatic N) is 3. The van der Waals surface area contributed by atoms with Gasteiger partial charge in [-0.2, -0.15) is 0 Å². The minimum Gasteiger partial charge on any atom is -0.383 e. The number of fused-ring (bicyclic) bond motifs is 2. The molecular formula is C17H22N4. The fraction of sp³-hybridized carbons (Fsp3) is 0.471. The van der Waals surface area contributed by atoms with Gasteiger partial charge in [-0.05, 0) is 43.9 Å². The first kappa shape index (κ1) is 12.7. The first-order valence-electron chi connectivity index (χ1n) is 7.86. The molecule has 4 heteroatoms. The molecule has 4 rings (SSSR count). The summed E-state index contributed by atoms with van der Waals surface area (Å²) in [7, 11) is 2.15. The molecule has 0 aliphatic carbocycles. The van der Waals surface area contributed by atoms with E-state index in [1.54, 1.807) is 0 Å². The Bertz CT molecular complexity index is 701. The number of hydrogen-bond donors (Lipinski definition) is 1. The predicted molar refractivity (Wildman–Crippen MR) is 86.7 cm³/mol. The average Bonchev–Trinajstić information content (AvgIpc) is 3.01. The van der Waals surface area contributed by atoms with Crippen molar-refractivity contribution in [2.75, 3.05) is 24.2 Å². The third-order valence-electron chi connectivity index (χ3n) is 4.96. The van der Waals surface area contributed by atoms with E-state index in [1.807, 2.05) is 0 Å². The number of rotatable bonds is 1. The number of likely N-dealkylation sites (N-methyl/N-ethyl adjacent to an activating group) is 1. The van der Waals surface area contributed by atoms with Gasteiger partial charge in [0.15, 0.2) is 0 Å². The van der Waals surface area contributed by atoms with Gasteiger partial charge in [0.25, 0.3) is 0 Å². The Morgan fingerprint density at radius 1 is 1.29 bits per heavy atom. The van der Waals surface area contributed by atoms with E-state index in [9.17, 15) is 0 Å². The van der Waals surface area contributed by atoms with Crippen molar-refractivity contribution in [3.63, 3.8) is 0 Å². The highest BCUT2D eigenvalue weighted by atomic mass is 15.2. The number of nitrogen functional groups attached to an aromatic ring is 1. The topological polar surface area (TPSA) is 47.1 Å². The molecule has 0 radical (unpaired) electrons. The van der Waals surface area contributed by atoms with Gasteiger partial charge in [-0.3, -0.25) is 0 Å². The molecule has 0 saturated carbocycles. The van der Waals surface area contributed by atoms with E-state index in [1.165, 1.54) is 24.1 Å². The minimum atomic E-state index is 0.468. The molecule has 3 heterocycles. The summed E-state index contributed by atoms with van der Waals surface area (Å²) in [4.78, 5) is 7.15. The Morgan fingerprint density at radius 2 is 2.14 bits per heavy atom. The van der Waals surface area contributed by atoms with E-state index in [4.69, 9.17) is 10.7 Å². The van der Waals surface area contributed by atoms with Gasteiger partial charge in [0.1, 0.15) is 17.3 Å². The maximum atomic E-state index is 6.41. The zero-order valence-electron chi connectivity index (χ0n) is 12.8. The molecule has 21 heavy (non-hydrogen) atoms. The molecule has 4 nitrogen and oxygen atoms in total. The average molecular weight is 282 g/mol. The molecule has 1 atom stereocenters. The predicted octanol–water partition coefficient (Wildman–Crippen LogP) is 3.02. The minimum absolute atomic E-state index is 0.468. The van der Waals surface area contributed by atoms with Gasteiger partial charge in [-0.15, -0.1) is 0 Å². The van der Waals surface area contributed by atoms with Crippen molar-refractivity contribution in [3.8, 4) is 11.3 Å². The molecule has 0 fully saturated rings. The number of aryl methyl sites for hydroxylation is 1. The molecule has 0 saturated heterocycles. The number of imidazole rings is 1. The second kappa shape index (κ2) is 4.52. The van der Waals surface area contributed by atoms with Crippen LogP contribution in [-0.2, 0) is 12.8 Å². The van der Waals surface area contributed by atoms with Crippen molar-refractivity contribution in [2.24, 2.45) is 0 Å². The highest BCUT2D eigenvalue weighted by molar-refractivity contribution is 5.75. The van der Waals surface area contributed by atoms with Crippen molar-refractivity contribution < 1.29 is 0 Å². The molecule has 2 aliphatic rings. The van der Waals surface area contributed by atoms with Crippen LogP contribution in [-0.4, -0.2) is 23.1 Å². The van der Waals surface area contributed by atoms with Crippen LogP contribution in [0.5, 0.6) is 0 Å². The summed E-state index contributed by atoms with van der Waals surface area (Å²) in [6.45, 7) is 3.34. The Hall–Kier alpha value is -1.97. The number of hydrogen-bond acceptors (Lipinski definition) is 3. The van der Waals surface area contributed by atoms with Gasteiger partial charge >= 0.3 is 0 Å². The Balaban J connectivity index is 1.81. The fourth-order valence-electron chi connectivity index (χ4n) is 3.77. The monoisotopic (exact) mass is 282 g/mol. The molecule has 0 spiro atoms. The summed E-state index contributed by atoms with van der Waals surface area (Å²) in [6.07, 6.45) is 4.57. The number of anilines is 2. The van der Waals surface area contributed by atoms with E-state index < -0.39 is 0 Å². The van der Waals surface area contributed by atoms with Crippen molar-refractivity contribution in [2.45, 2.75) is 38.6 Å². The highest BCUT2D eigenvalue weighted by Gasteiger charge is 2.24. The molecule has 2 aliphatic heterocycles. The summed E-state index contributed by atoms with van der Waals surface area (Å²) >= 11 is 0. The van der Waals surface area contributed by atoms with E-state index in [2.05, 4.69) is 41.6 Å². The molecular weight excluding hydrogens is 260 g/mol. The van der Waals surface area contributed by atoms with Crippen LogP contribution in [0.1, 0.15) is 37.2 Å². The van der Waals surface area contributed by atoms with Crippen molar-refractivity contribution in [3.05, 3.63) is 29.6 Å². The zero-order valence-corrected chi connectivity index (χ0v) is 12.8. The maximum Gasteiger partial charge on any atom is 0.131 e. The second-order valence-corrected chi connectivity index (χ2v) is 6.39. The lowest BCUT2D eigenvalue weighted by atomic mass is 10.1. The molecule has 0 bridgehead atoms. The first-order chi connectivity index (χ1) is 10.1. The molecule has 1 unspecified atom stereocenters. The van der Waals surface area contributed by atoms with Crippen LogP contribution in [0, 0.1) is 0 Å². The lowest BCUT2D eigenvalue weighted by Gasteiger charge is -2.22. The molecule has 0 amide bonds. The van der Waals surface area contributed by atoms with Crippen molar-refractivity contribution in [1.29, 1.82) is 0 Å². The van der Waals surface area contributed by atoms with Crippen LogP contribution < -0.4 is 10.6 Å². The van der Waals surface area contributed by atoms with Crippen molar-refractivity contribution in [1.82, 2.24) is 9.55 Å². The largest absolute Gasteiger partial charge is 0.383 e. The Labute approximate surface area is 125 Å². The van der Waals surface area contributed by atoms with Crippen LogP contribution in [0.3, 0.4) is 0 Å². The lowest BCUT2D eigenvalue weighted by molar-refractivity contribution is 0.430. The van der Waals surface area contributed by atoms with Crippen LogP contribution in [0.15, 0.2) is 18.2 Å². The summed E-state index contributed by atoms with van der Waals surface area (Å²) < 4.78 is 2.23. The SMILES string of the molecule is CC1CCCc2nc(-c3ccc4c(c3)CCN4C)c(N)n21. The van der Waals surface area contributed by atoms with Gasteiger partial charge in [0.2, 0.25) is 0 Å². The van der Waals surface area contributed by atoms with Crippen LogP contribution in [0.4, 0.5) is 11.5 Å². The molecule has 2 N–H and O–H groups in total. The van der Waals surface area contributed by atoms with Crippen LogP contribution in [0.25, 0.3) is 11.3 Å². The van der Waals surface area contributed by atoms with E-state index in [-0.39, 0.29) is 0 Å². The summed E-state index contributed by atoms with van der Waals surface area (Å²) in [5.41, 5.74) is 11.3. The van der Waals surface area contributed by atoms with Gasteiger partial charge in [0.05, 0.1) is 0 Å². The van der Waals surface area contributed by atoms with Crippen LogP contribution in [0.2, 0.25) is 0 Å². The summed E-state index contributed by atoms with van der Waals surface area (Å²) in [5.74, 6) is 1.99.